The quantitative estimate of drug-likeness (QED) is 0.108. The van der Waals surface area contributed by atoms with E-state index in [1.165, 1.54) is 0 Å². The molecule has 1 unspecified atom stereocenters. The molecule has 9 heteroatoms. The number of aromatic nitrogens is 2. The minimum Gasteiger partial charge on any atom is -0.493 e. The normalized spacial score (nSPS) is 11.8. The molecule has 0 aliphatic carbocycles. The van der Waals surface area contributed by atoms with Crippen LogP contribution in [-0.4, -0.2) is 42.2 Å². The summed E-state index contributed by atoms with van der Waals surface area (Å²) in [6.45, 7) is 3.42. The third-order valence-electron chi connectivity index (χ3n) is 6.95. The summed E-state index contributed by atoms with van der Waals surface area (Å²) >= 11 is 12.4. The molecule has 0 N–H and O–H groups in total. The minimum absolute atomic E-state index is 0.140. The molecule has 0 aliphatic heterocycles. The zero-order chi connectivity index (χ0) is 29.2. The van der Waals surface area contributed by atoms with Gasteiger partial charge in [-0.1, -0.05) is 54.9 Å². The van der Waals surface area contributed by atoms with E-state index in [0.29, 0.717) is 54.8 Å². The summed E-state index contributed by atoms with van der Waals surface area (Å²) in [5.74, 6) is 3.31. The van der Waals surface area contributed by atoms with Crippen molar-refractivity contribution in [3.8, 4) is 17.2 Å². The summed E-state index contributed by atoms with van der Waals surface area (Å²) < 4.78 is 18.8. The molecule has 1 aromatic heterocycles. The number of carbonyl (C=O) groups is 1. The van der Waals surface area contributed by atoms with Crippen LogP contribution in [0.4, 0.5) is 0 Å². The molecule has 217 valence electrons. The van der Waals surface area contributed by atoms with Gasteiger partial charge in [-0.15, -0.1) is 11.6 Å². The number of amides is 1. The number of methoxy groups -OCH3 is 2. The third kappa shape index (κ3) is 7.86. The number of hydrogen-bond donors (Lipinski definition) is 0. The van der Waals surface area contributed by atoms with Gasteiger partial charge in [-0.25, -0.2) is 10.3 Å². The number of ether oxygens (including phenoxy) is 3. The first-order valence-corrected chi connectivity index (χ1v) is 14.7. The average Bonchev–Trinajstić information content (AvgIpc) is 3.34. The second kappa shape index (κ2) is 15.0. The first kappa shape index (κ1) is 30.5. The number of alkyl halides is 1. The summed E-state index contributed by atoms with van der Waals surface area (Å²) in [5.41, 5.74) is 3.84. The zero-order valence-corrected chi connectivity index (χ0v) is 25.3. The van der Waals surface area contributed by atoms with E-state index in [0.717, 1.165) is 40.2 Å². The van der Waals surface area contributed by atoms with Crippen molar-refractivity contribution >= 4 is 40.1 Å². The Balaban J connectivity index is 1.39. The maximum atomic E-state index is 12.8. The van der Waals surface area contributed by atoms with Gasteiger partial charge in [0.1, 0.15) is 18.1 Å². The number of rotatable bonds is 15. The van der Waals surface area contributed by atoms with Crippen LogP contribution in [0.25, 0.3) is 11.0 Å². The van der Waals surface area contributed by atoms with Crippen LogP contribution < -0.4 is 19.5 Å². The molecule has 3 aromatic carbocycles. The molecule has 7 nitrogen and oxygen atoms in total. The van der Waals surface area contributed by atoms with Crippen molar-refractivity contribution in [3.05, 3.63) is 82.6 Å². The Morgan fingerprint density at radius 2 is 1.78 bits per heavy atom. The number of benzene rings is 3. The molecular formula is C32H36Cl2N3O4. The van der Waals surface area contributed by atoms with Crippen LogP contribution in [0, 0.1) is 5.92 Å². The van der Waals surface area contributed by atoms with Gasteiger partial charge in [0.2, 0.25) is 5.91 Å². The molecule has 4 aromatic rings. The van der Waals surface area contributed by atoms with E-state index in [9.17, 15) is 4.79 Å². The van der Waals surface area contributed by atoms with Crippen LogP contribution in [-0.2, 0) is 24.3 Å². The number of para-hydroxylation sites is 3. The Morgan fingerprint density at radius 3 is 2.56 bits per heavy atom. The maximum absolute atomic E-state index is 12.8. The van der Waals surface area contributed by atoms with E-state index < -0.39 is 0 Å². The van der Waals surface area contributed by atoms with E-state index in [4.69, 9.17) is 42.4 Å². The van der Waals surface area contributed by atoms with Crippen LogP contribution in [0.15, 0.2) is 60.7 Å². The highest BCUT2D eigenvalue weighted by Gasteiger charge is 2.18. The first-order chi connectivity index (χ1) is 19.9. The molecule has 1 atom stereocenters. The molecule has 0 bridgehead atoms. The van der Waals surface area contributed by atoms with Gasteiger partial charge in [-0.2, -0.15) is 0 Å². The molecule has 0 aliphatic rings. The van der Waals surface area contributed by atoms with Crippen LogP contribution in [0.5, 0.6) is 17.2 Å². The highest BCUT2D eigenvalue weighted by Crippen LogP contribution is 2.38. The van der Waals surface area contributed by atoms with Crippen LogP contribution in [0.2, 0.25) is 5.02 Å². The van der Waals surface area contributed by atoms with E-state index in [2.05, 4.69) is 16.8 Å². The molecule has 4 rings (SSSR count). The first-order valence-electron chi connectivity index (χ1n) is 13.8. The van der Waals surface area contributed by atoms with Gasteiger partial charge in [0, 0.05) is 17.9 Å². The van der Waals surface area contributed by atoms with Crippen molar-refractivity contribution in [1.29, 1.82) is 0 Å². The SMILES string of the molecule is COc1ccc(CC(C)CCC(=O)[N]Cc2nc3ccccc3n2Cc2ccccc2OCCCCl)c(Cl)c1OC. The van der Waals surface area contributed by atoms with E-state index in [1.54, 1.807) is 14.2 Å². The van der Waals surface area contributed by atoms with E-state index >= 15 is 0 Å². The average molecular weight is 598 g/mol. The van der Waals surface area contributed by atoms with Gasteiger partial charge in [0.05, 0.1) is 43.4 Å². The summed E-state index contributed by atoms with van der Waals surface area (Å²) in [4.78, 5) is 17.6. The van der Waals surface area contributed by atoms with Gasteiger partial charge < -0.3 is 18.8 Å². The lowest BCUT2D eigenvalue weighted by molar-refractivity contribution is -0.121. The Morgan fingerprint density at radius 1 is 1.00 bits per heavy atom. The van der Waals surface area contributed by atoms with Crippen LogP contribution in [0.3, 0.4) is 0 Å². The molecule has 0 saturated carbocycles. The van der Waals surface area contributed by atoms with E-state index in [-0.39, 0.29) is 18.4 Å². The molecule has 1 amide bonds. The number of carbonyl (C=O) groups excluding carboxylic acids is 1. The Bertz CT molecular complexity index is 1460. The number of hydrogen-bond acceptors (Lipinski definition) is 5. The number of halogens is 2. The largest absolute Gasteiger partial charge is 0.493 e. The van der Waals surface area contributed by atoms with Gasteiger partial charge in [0.25, 0.3) is 0 Å². The van der Waals surface area contributed by atoms with Crippen molar-refractivity contribution in [2.24, 2.45) is 5.92 Å². The fourth-order valence-electron chi connectivity index (χ4n) is 4.78. The monoisotopic (exact) mass is 596 g/mol. The van der Waals surface area contributed by atoms with Crippen LogP contribution >= 0.6 is 23.2 Å². The Kier molecular flexibility index (Phi) is 11.2. The number of fused-ring (bicyclic) bond motifs is 1. The van der Waals surface area contributed by atoms with Crippen molar-refractivity contribution < 1.29 is 19.0 Å². The second-order valence-corrected chi connectivity index (χ2v) is 10.7. The molecular weight excluding hydrogens is 561 g/mol. The third-order valence-corrected chi connectivity index (χ3v) is 7.63. The van der Waals surface area contributed by atoms with Crippen molar-refractivity contribution in [3.63, 3.8) is 0 Å². The van der Waals surface area contributed by atoms with E-state index in [1.807, 2.05) is 60.7 Å². The predicted molar refractivity (Wildman–Crippen MR) is 164 cm³/mol. The lowest BCUT2D eigenvalue weighted by Crippen LogP contribution is -2.19. The Hall–Kier alpha value is -3.42. The molecule has 0 spiro atoms. The fourth-order valence-corrected chi connectivity index (χ4v) is 5.20. The maximum Gasteiger partial charge on any atom is 0.241 e. The summed E-state index contributed by atoms with van der Waals surface area (Å²) in [7, 11) is 3.15. The summed E-state index contributed by atoms with van der Waals surface area (Å²) in [6, 6.07) is 19.7. The van der Waals surface area contributed by atoms with Gasteiger partial charge in [-0.3, -0.25) is 4.79 Å². The van der Waals surface area contributed by atoms with Crippen LogP contribution in [0.1, 0.15) is 43.1 Å². The van der Waals surface area contributed by atoms with Gasteiger partial charge in [-0.05, 0) is 55.0 Å². The lowest BCUT2D eigenvalue weighted by atomic mass is 9.96. The second-order valence-electron chi connectivity index (χ2n) is 9.93. The van der Waals surface area contributed by atoms with Gasteiger partial charge in [0.15, 0.2) is 11.5 Å². The summed E-state index contributed by atoms with van der Waals surface area (Å²) in [6.07, 6.45) is 2.53. The highest BCUT2D eigenvalue weighted by molar-refractivity contribution is 6.33. The summed E-state index contributed by atoms with van der Waals surface area (Å²) in [5, 5.41) is 4.93. The Labute approximate surface area is 251 Å². The van der Waals surface area contributed by atoms with Crippen molar-refractivity contribution in [2.75, 3.05) is 26.7 Å². The molecule has 1 heterocycles. The van der Waals surface area contributed by atoms with Gasteiger partial charge >= 0.3 is 0 Å². The lowest BCUT2D eigenvalue weighted by Gasteiger charge is -2.16. The standard InChI is InChI=1S/C32H36Cl2N3O4/c1-22(19-23-14-15-28(39-2)32(40-3)31(23)34)13-16-30(38)35-20-29-36-25-10-5-6-11-26(25)37(29)21-24-9-4-7-12-27(24)41-18-8-17-33/h4-7,9-12,14-15,22H,8,13,16-21H2,1-3H3. The minimum atomic E-state index is -0.140. The van der Waals surface area contributed by atoms with Crippen molar-refractivity contribution in [2.45, 2.75) is 45.7 Å². The predicted octanol–water partition coefficient (Wildman–Crippen LogP) is 7.05. The number of nitrogens with zero attached hydrogens (tertiary/aromatic N) is 3. The zero-order valence-electron chi connectivity index (χ0n) is 23.7. The smallest absolute Gasteiger partial charge is 0.241 e. The molecule has 1 radical (unpaired) electrons. The molecule has 41 heavy (non-hydrogen) atoms. The topological polar surface area (TPSA) is 76.7 Å². The molecule has 0 fully saturated rings. The highest BCUT2D eigenvalue weighted by atomic mass is 35.5. The van der Waals surface area contributed by atoms with Crippen molar-refractivity contribution in [1.82, 2.24) is 14.9 Å². The number of imidazole rings is 1. The molecule has 0 saturated heterocycles. The fraction of sp³-hybridized carbons (Fsp3) is 0.375.